The molecule has 0 atom stereocenters. The summed E-state index contributed by atoms with van der Waals surface area (Å²) in [7, 11) is 0. The van der Waals surface area contributed by atoms with Crippen LogP contribution in [0.15, 0.2) is 12.7 Å². The van der Waals surface area contributed by atoms with E-state index in [0.29, 0.717) is 12.5 Å². The largest absolute Gasteiger partial charge is 0.356 e. The lowest BCUT2D eigenvalue weighted by Crippen LogP contribution is -2.38. The van der Waals surface area contributed by atoms with Gasteiger partial charge in [0.05, 0.1) is 0 Å². The van der Waals surface area contributed by atoms with Gasteiger partial charge in [-0.2, -0.15) is 0 Å². The first kappa shape index (κ1) is 15.7. The molecule has 1 saturated carbocycles. The maximum absolute atomic E-state index is 11.9. The van der Waals surface area contributed by atoms with Crippen molar-refractivity contribution in [2.75, 3.05) is 13.1 Å². The maximum atomic E-state index is 11.9. The molecule has 0 aromatic heterocycles. The number of nitrogens with one attached hydrogen (secondary N) is 2. The molecule has 19 heavy (non-hydrogen) atoms. The van der Waals surface area contributed by atoms with E-state index in [2.05, 4.69) is 31.1 Å². The van der Waals surface area contributed by atoms with Crippen molar-refractivity contribution in [2.45, 2.75) is 39.5 Å². The molecule has 4 heteroatoms. The third-order valence-corrected chi connectivity index (χ3v) is 3.57. The van der Waals surface area contributed by atoms with Crippen LogP contribution in [-0.2, 0) is 9.59 Å². The van der Waals surface area contributed by atoms with E-state index < -0.39 is 0 Å². The Morgan fingerprint density at radius 1 is 1.11 bits per heavy atom. The molecule has 1 fully saturated rings. The summed E-state index contributed by atoms with van der Waals surface area (Å²) in [6.07, 6.45) is 4.93. The lowest BCUT2D eigenvalue weighted by atomic mass is 9.81. The Balaban J connectivity index is 2.30. The Hall–Kier alpha value is -1.32. The minimum Gasteiger partial charge on any atom is -0.356 e. The van der Waals surface area contributed by atoms with Gasteiger partial charge in [0, 0.05) is 24.9 Å². The standard InChI is InChI=1S/C15H26N2O2/c1-4-9-16-14(18)12-5-7-13(8-6-12)15(19)17-10-11(2)3/h4,11-13H,1,5-10H2,2-3H3,(H,16,18)(H,17,19). The van der Waals surface area contributed by atoms with Gasteiger partial charge in [-0.1, -0.05) is 19.9 Å². The van der Waals surface area contributed by atoms with E-state index in [4.69, 9.17) is 0 Å². The monoisotopic (exact) mass is 266 g/mol. The molecule has 2 amide bonds. The van der Waals surface area contributed by atoms with Gasteiger partial charge in [0.2, 0.25) is 11.8 Å². The van der Waals surface area contributed by atoms with Gasteiger partial charge in [-0.25, -0.2) is 0 Å². The summed E-state index contributed by atoms with van der Waals surface area (Å²) in [5.41, 5.74) is 0. The van der Waals surface area contributed by atoms with Crippen LogP contribution in [0.4, 0.5) is 0 Å². The summed E-state index contributed by atoms with van der Waals surface area (Å²) in [5, 5.41) is 5.81. The van der Waals surface area contributed by atoms with Gasteiger partial charge in [-0.3, -0.25) is 9.59 Å². The van der Waals surface area contributed by atoms with Crippen LogP contribution >= 0.6 is 0 Å². The SMILES string of the molecule is C=CCNC(=O)C1CCC(C(=O)NCC(C)C)CC1. The summed E-state index contributed by atoms with van der Waals surface area (Å²) in [6.45, 7) is 9.01. The first-order valence-corrected chi connectivity index (χ1v) is 7.21. The molecule has 4 nitrogen and oxygen atoms in total. The van der Waals surface area contributed by atoms with Gasteiger partial charge < -0.3 is 10.6 Å². The van der Waals surface area contributed by atoms with Gasteiger partial charge >= 0.3 is 0 Å². The maximum Gasteiger partial charge on any atom is 0.223 e. The number of carbonyl (C=O) groups excluding carboxylic acids is 2. The van der Waals surface area contributed by atoms with E-state index in [1.54, 1.807) is 6.08 Å². The van der Waals surface area contributed by atoms with Crippen molar-refractivity contribution < 1.29 is 9.59 Å². The minimum atomic E-state index is 0.0640. The van der Waals surface area contributed by atoms with Crippen LogP contribution in [0.2, 0.25) is 0 Å². The van der Waals surface area contributed by atoms with Crippen molar-refractivity contribution in [3.63, 3.8) is 0 Å². The number of hydrogen-bond donors (Lipinski definition) is 2. The molecule has 1 aliphatic carbocycles. The van der Waals surface area contributed by atoms with Gasteiger partial charge in [-0.05, 0) is 31.6 Å². The van der Waals surface area contributed by atoms with E-state index in [-0.39, 0.29) is 23.7 Å². The van der Waals surface area contributed by atoms with E-state index in [1.807, 2.05) is 0 Å². The van der Waals surface area contributed by atoms with E-state index in [1.165, 1.54) is 0 Å². The summed E-state index contributed by atoms with van der Waals surface area (Å²) < 4.78 is 0. The number of carbonyl (C=O) groups is 2. The Morgan fingerprint density at radius 2 is 1.58 bits per heavy atom. The topological polar surface area (TPSA) is 58.2 Å². The van der Waals surface area contributed by atoms with Crippen LogP contribution in [0, 0.1) is 17.8 Å². The number of hydrogen-bond acceptors (Lipinski definition) is 2. The predicted molar refractivity (Wildman–Crippen MR) is 76.5 cm³/mol. The average Bonchev–Trinajstić information content (AvgIpc) is 2.42. The third-order valence-electron chi connectivity index (χ3n) is 3.57. The van der Waals surface area contributed by atoms with Crippen molar-refractivity contribution in [1.29, 1.82) is 0 Å². The molecule has 0 saturated heterocycles. The van der Waals surface area contributed by atoms with Crippen LogP contribution in [-0.4, -0.2) is 24.9 Å². The molecule has 0 heterocycles. The lowest BCUT2D eigenvalue weighted by Gasteiger charge is -2.27. The van der Waals surface area contributed by atoms with Crippen LogP contribution in [0.5, 0.6) is 0 Å². The van der Waals surface area contributed by atoms with Crippen LogP contribution in [0.25, 0.3) is 0 Å². The fraction of sp³-hybridized carbons (Fsp3) is 0.733. The molecule has 0 aromatic rings. The summed E-state index contributed by atoms with van der Waals surface area (Å²) in [4.78, 5) is 23.7. The zero-order chi connectivity index (χ0) is 14.3. The molecule has 0 spiro atoms. The van der Waals surface area contributed by atoms with Crippen molar-refractivity contribution in [3.05, 3.63) is 12.7 Å². The first-order valence-electron chi connectivity index (χ1n) is 7.21. The Morgan fingerprint density at radius 3 is 2.00 bits per heavy atom. The molecule has 0 unspecified atom stereocenters. The molecule has 108 valence electrons. The summed E-state index contributed by atoms with van der Waals surface area (Å²) >= 11 is 0. The molecule has 0 aromatic carbocycles. The fourth-order valence-electron chi connectivity index (χ4n) is 2.38. The second kappa shape index (κ2) is 7.97. The summed E-state index contributed by atoms with van der Waals surface area (Å²) in [5.74, 6) is 0.876. The lowest BCUT2D eigenvalue weighted by molar-refractivity contribution is -0.130. The third kappa shape index (κ3) is 5.45. The summed E-state index contributed by atoms with van der Waals surface area (Å²) in [6, 6.07) is 0. The second-order valence-corrected chi connectivity index (χ2v) is 5.72. The molecule has 2 N–H and O–H groups in total. The Kier molecular flexibility index (Phi) is 6.60. The number of rotatable bonds is 6. The Labute approximate surface area is 116 Å². The highest BCUT2D eigenvalue weighted by atomic mass is 16.2. The highest BCUT2D eigenvalue weighted by Crippen LogP contribution is 2.29. The molecule has 1 rings (SSSR count). The molecule has 0 aliphatic heterocycles. The van der Waals surface area contributed by atoms with Gasteiger partial charge in [0.1, 0.15) is 0 Å². The predicted octanol–water partition coefficient (Wildman–Crippen LogP) is 1.87. The van der Waals surface area contributed by atoms with Crippen molar-refractivity contribution in [2.24, 2.45) is 17.8 Å². The average molecular weight is 266 g/mol. The molecule has 1 aliphatic rings. The van der Waals surface area contributed by atoms with Gasteiger partial charge in [0.15, 0.2) is 0 Å². The quantitative estimate of drug-likeness (QED) is 0.721. The zero-order valence-electron chi connectivity index (χ0n) is 12.1. The first-order chi connectivity index (χ1) is 9.04. The molecular weight excluding hydrogens is 240 g/mol. The second-order valence-electron chi connectivity index (χ2n) is 5.72. The Bertz CT molecular complexity index is 318. The minimum absolute atomic E-state index is 0.0640. The van der Waals surface area contributed by atoms with E-state index >= 15 is 0 Å². The zero-order valence-corrected chi connectivity index (χ0v) is 12.1. The normalized spacial score (nSPS) is 22.9. The fourth-order valence-corrected chi connectivity index (χ4v) is 2.38. The molecular formula is C15H26N2O2. The smallest absolute Gasteiger partial charge is 0.223 e. The van der Waals surface area contributed by atoms with Crippen molar-refractivity contribution >= 4 is 11.8 Å². The van der Waals surface area contributed by atoms with E-state index in [9.17, 15) is 9.59 Å². The van der Waals surface area contributed by atoms with Crippen LogP contribution < -0.4 is 10.6 Å². The van der Waals surface area contributed by atoms with Crippen molar-refractivity contribution in [1.82, 2.24) is 10.6 Å². The highest BCUT2D eigenvalue weighted by Gasteiger charge is 2.29. The highest BCUT2D eigenvalue weighted by molar-refractivity contribution is 5.81. The van der Waals surface area contributed by atoms with Crippen molar-refractivity contribution in [3.8, 4) is 0 Å². The van der Waals surface area contributed by atoms with Gasteiger partial charge in [0.25, 0.3) is 0 Å². The van der Waals surface area contributed by atoms with Crippen LogP contribution in [0.1, 0.15) is 39.5 Å². The number of amides is 2. The van der Waals surface area contributed by atoms with E-state index in [0.717, 1.165) is 32.2 Å². The van der Waals surface area contributed by atoms with Gasteiger partial charge in [-0.15, -0.1) is 6.58 Å². The van der Waals surface area contributed by atoms with Crippen LogP contribution in [0.3, 0.4) is 0 Å². The molecule has 0 bridgehead atoms. The molecule has 0 radical (unpaired) electrons.